The molecule has 0 aliphatic heterocycles. The van der Waals surface area contributed by atoms with Crippen molar-refractivity contribution in [2.75, 3.05) is 5.32 Å². The van der Waals surface area contributed by atoms with E-state index < -0.39 is 0 Å². The minimum absolute atomic E-state index is 0.137. The Labute approximate surface area is 161 Å². The maximum atomic E-state index is 4.41. The molecule has 7 heteroatoms. The van der Waals surface area contributed by atoms with Gasteiger partial charge < -0.3 is 5.32 Å². The molecule has 1 N–H and O–H groups in total. The van der Waals surface area contributed by atoms with Crippen LogP contribution in [-0.4, -0.2) is 25.0 Å². The molecule has 1 fully saturated rings. The van der Waals surface area contributed by atoms with Gasteiger partial charge in [0.05, 0.1) is 22.5 Å². The fourth-order valence-corrected chi connectivity index (χ4v) is 4.21. The first kappa shape index (κ1) is 16.4. The lowest BCUT2D eigenvalue weighted by molar-refractivity contribution is 0.762. The first-order valence-electron chi connectivity index (χ1n) is 9.18. The molecule has 3 heterocycles. The van der Waals surface area contributed by atoms with Gasteiger partial charge in [0.1, 0.15) is 17.0 Å². The van der Waals surface area contributed by atoms with E-state index in [4.69, 9.17) is 0 Å². The van der Waals surface area contributed by atoms with Crippen molar-refractivity contribution in [1.29, 1.82) is 0 Å². The summed E-state index contributed by atoms with van der Waals surface area (Å²) in [6, 6.07) is 10.7. The van der Waals surface area contributed by atoms with E-state index in [0.29, 0.717) is 5.92 Å². The number of aromatic nitrogens is 5. The lowest BCUT2D eigenvalue weighted by atomic mass is 10.1. The van der Waals surface area contributed by atoms with Crippen molar-refractivity contribution in [1.82, 2.24) is 25.0 Å². The second-order valence-electron chi connectivity index (χ2n) is 7.07. The summed E-state index contributed by atoms with van der Waals surface area (Å²) in [5, 5.41) is 15.3. The third kappa shape index (κ3) is 2.98. The Hall–Kier alpha value is -2.80. The van der Waals surface area contributed by atoms with Gasteiger partial charge in [-0.3, -0.25) is 0 Å². The van der Waals surface area contributed by atoms with E-state index >= 15 is 0 Å². The highest BCUT2D eigenvalue weighted by atomic mass is 32.1. The predicted molar refractivity (Wildman–Crippen MR) is 108 cm³/mol. The third-order valence-electron chi connectivity index (χ3n) is 5.10. The van der Waals surface area contributed by atoms with E-state index in [2.05, 4.69) is 62.9 Å². The molecule has 27 heavy (non-hydrogen) atoms. The molecule has 0 saturated heterocycles. The average molecular weight is 376 g/mol. The summed E-state index contributed by atoms with van der Waals surface area (Å²) in [5.41, 5.74) is 4.57. The molecule has 0 unspecified atom stereocenters. The number of thiophene rings is 1. The van der Waals surface area contributed by atoms with Crippen LogP contribution in [0.5, 0.6) is 0 Å². The van der Waals surface area contributed by atoms with Gasteiger partial charge in [0.15, 0.2) is 0 Å². The summed E-state index contributed by atoms with van der Waals surface area (Å²) in [7, 11) is 0. The molecule has 3 aromatic heterocycles. The number of fused-ring (bicyclic) bond motifs is 1. The number of aryl methyl sites for hydroxylation is 1. The Morgan fingerprint density at radius 2 is 1.96 bits per heavy atom. The Morgan fingerprint density at radius 1 is 1.15 bits per heavy atom. The number of nitrogens with one attached hydrogen (secondary N) is 1. The predicted octanol–water partition coefficient (Wildman–Crippen LogP) is 4.63. The first-order valence-corrected chi connectivity index (χ1v) is 10.1. The lowest BCUT2D eigenvalue weighted by Crippen LogP contribution is -2.09. The highest BCUT2D eigenvalue weighted by Crippen LogP contribution is 2.41. The van der Waals surface area contributed by atoms with E-state index in [1.165, 1.54) is 24.1 Å². The largest absolute Gasteiger partial charge is 0.363 e. The van der Waals surface area contributed by atoms with Crippen LogP contribution in [0.1, 0.15) is 48.7 Å². The molecule has 1 aromatic carbocycles. The number of nitrogens with zero attached hydrogens (tertiary/aromatic N) is 5. The normalized spacial score (nSPS) is 15.2. The molecule has 136 valence electrons. The monoisotopic (exact) mass is 376 g/mol. The van der Waals surface area contributed by atoms with Crippen LogP contribution in [0, 0.1) is 6.92 Å². The minimum Gasteiger partial charge on any atom is -0.363 e. The van der Waals surface area contributed by atoms with Gasteiger partial charge in [0, 0.05) is 12.0 Å². The van der Waals surface area contributed by atoms with Crippen molar-refractivity contribution in [3.05, 3.63) is 59.0 Å². The summed E-state index contributed by atoms with van der Waals surface area (Å²) in [5.74, 6) is 1.49. The second kappa shape index (κ2) is 6.42. The third-order valence-corrected chi connectivity index (χ3v) is 5.92. The Kier molecular flexibility index (Phi) is 3.89. The number of hydrogen-bond acceptors (Lipinski definition) is 6. The van der Waals surface area contributed by atoms with Crippen molar-refractivity contribution in [2.24, 2.45) is 0 Å². The van der Waals surface area contributed by atoms with Crippen LogP contribution in [0.3, 0.4) is 0 Å². The number of hydrogen-bond donors (Lipinski definition) is 1. The highest BCUT2D eigenvalue weighted by Gasteiger charge is 2.30. The van der Waals surface area contributed by atoms with Gasteiger partial charge in [0.25, 0.3) is 0 Å². The van der Waals surface area contributed by atoms with Gasteiger partial charge in [-0.1, -0.05) is 17.3 Å². The molecule has 4 aromatic rings. The van der Waals surface area contributed by atoms with Crippen molar-refractivity contribution in [3.8, 4) is 5.69 Å². The summed E-state index contributed by atoms with van der Waals surface area (Å²) in [6.45, 7) is 4.19. The van der Waals surface area contributed by atoms with Crippen LogP contribution in [0.4, 0.5) is 5.82 Å². The Morgan fingerprint density at radius 3 is 2.74 bits per heavy atom. The maximum absolute atomic E-state index is 4.41. The van der Waals surface area contributed by atoms with E-state index in [1.54, 1.807) is 17.7 Å². The Bertz CT molecular complexity index is 1090. The lowest BCUT2D eigenvalue weighted by Gasteiger charge is -2.16. The summed E-state index contributed by atoms with van der Waals surface area (Å²) < 4.78 is 1.99. The zero-order valence-corrected chi connectivity index (χ0v) is 16.1. The summed E-state index contributed by atoms with van der Waals surface area (Å²) in [6.07, 6.45) is 4.09. The highest BCUT2D eigenvalue weighted by molar-refractivity contribution is 7.16. The molecule has 0 radical (unpaired) electrons. The van der Waals surface area contributed by atoms with Crippen LogP contribution in [-0.2, 0) is 0 Å². The van der Waals surface area contributed by atoms with E-state index in [-0.39, 0.29) is 6.04 Å². The van der Waals surface area contributed by atoms with Gasteiger partial charge in [0.2, 0.25) is 0 Å². The van der Waals surface area contributed by atoms with Crippen molar-refractivity contribution in [2.45, 2.75) is 38.6 Å². The van der Waals surface area contributed by atoms with Crippen LogP contribution in [0.2, 0.25) is 0 Å². The summed E-state index contributed by atoms with van der Waals surface area (Å²) >= 11 is 1.63. The van der Waals surface area contributed by atoms with Gasteiger partial charge in [-0.2, -0.15) is 0 Å². The first-order chi connectivity index (χ1) is 13.2. The SMILES string of the molecule is Cc1nnn(-c2ccc([C@H](C)Nc3ncnc4sccc34)cc2)c1C1CC1. The maximum Gasteiger partial charge on any atom is 0.138 e. The quantitative estimate of drug-likeness (QED) is 0.550. The molecule has 5 rings (SSSR count). The number of anilines is 1. The zero-order valence-electron chi connectivity index (χ0n) is 15.3. The molecule has 1 aliphatic rings. The standard InChI is InChI=1S/C20H20N6S/c1-12(23-19-17-9-10-27-20(17)22-11-21-19)14-5-7-16(8-6-14)26-18(15-3-4-15)13(2)24-25-26/h5-12,15H,3-4H2,1-2H3,(H,21,22,23)/t12-/m0/s1. The van der Waals surface area contributed by atoms with Crippen LogP contribution in [0.15, 0.2) is 42.0 Å². The van der Waals surface area contributed by atoms with Gasteiger partial charge in [-0.25, -0.2) is 14.6 Å². The van der Waals surface area contributed by atoms with Gasteiger partial charge in [-0.05, 0) is 55.8 Å². The van der Waals surface area contributed by atoms with Crippen LogP contribution < -0.4 is 5.32 Å². The average Bonchev–Trinajstić information content (AvgIpc) is 3.26. The fraction of sp³-hybridized carbons (Fsp3) is 0.300. The molecule has 0 amide bonds. The smallest absolute Gasteiger partial charge is 0.138 e. The van der Waals surface area contributed by atoms with E-state index in [9.17, 15) is 0 Å². The van der Waals surface area contributed by atoms with Crippen molar-refractivity contribution >= 4 is 27.4 Å². The van der Waals surface area contributed by atoms with Gasteiger partial charge >= 0.3 is 0 Å². The zero-order chi connectivity index (χ0) is 18.4. The minimum atomic E-state index is 0.137. The molecular weight excluding hydrogens is 356 g/mol. The Balaban J connectivity index is 1.39. The molecular formula is C20H20N6S. The molecule has 6 nitrogen and oxygen atoms in total. The van der Waals surface area contributed by atoms with Crippen molar-refractivity contribution < 1.29 is 0 Å². The molecule has 1 saturated carbocycles. The fourth-order valence-electron chi connectivity index (χ4n) is 3.48. The molecule has 1 atom stereocenters. The van der Waals surface area contributed by atoms with Crippen LogP contribution in [0.25, 0.3) is 15.9 Å². The molecule has 0 bridgehead atoms. The van der Waals surface area contributed by atoms with Crippen LogP contribution >= 0.6 is 11.3 Å². The van der Waals surface area contributed by atoms with E-state index in [1.807, 2.05) is 17.0 Å². The topological polar surface area (TPSA) is 68.5 Å². The number of benzene rings is 1. The van der Waals surface area contributed by atoms with Crippen molar-refractivity contribution in [3.63, 3.8) is 0 Å². The second-order valence-corrected chi connectivity index (χ2v) is 7.96. The van der Waals surface area contributed by atoms with Gasteiger partial charge in [-0.15, -0.1) is 16.4 Å². The van der Waals surface area contributed by atoms with E-state index in [0.717, 1.165) is 27.4 Å². The summed E-state index contributed by atoms with van der Waals surface area (Å²) in [4.78, 5) is 9.72. The molecule has 1 aliphatic carbocycles. The molecule has 0 spiro atoms. The number of rotatable bonds is 5.